The van der Waals surface area contributed by atoms with Gasteiger partial charge in [0.1, 0.15) is 0 Å². The molecule has 64 valence electrons. The molecule has 0 spiro atoms. The summed E-state index contributed by atoms with van der Waals surface area (Å²) in [4.78, 5) is 0. The molecule has 0 amide bonds. The van der Waals surface area contributed by atoms with Gasteiger partial charge in [-0.1, -0.05) is 0 Å². The van der Waals surface area contributed by atoms with Crippen LogP contribution in [0.4, 0.5) is 0 Å². The van der Waals surface area contributed by atoms with Gasteiger partial charge in [-0.15, -0.1) is 56.0 Å². The summed E-state index contributed by atoms with van der Waals surface area (Å²) in [5, 5.41) is 0. The number of rotatable bonds is 0. The van der Waals surface area contributed by atoms with Gasteiger partial charge in [-0.3, -0.25) is 6.08 Å². The summed E-state index contributed by atoms with van der Waals surface area (Å²) in [6.07, 6.45) is 10.0. The minimum atomic E-state index is 0. The van der Waals surface area contributed by atoms with Gasteiger partial charge in [0.25, 0.3) is 0 Å². The normalized spacial score (nSPS) is 8.80. The van der Waals surface area contributed by atoms with Gasteiger partial charge in [0, 0.05) is 21.1 Å². The van der Waals surface area contributed by atoms with Crippen molar-refractivity contribution in [2.45, 2.75) is 6.42 Å². The van der Waals surface area contributed by atoms with Crippen LogP contribution in [0, 0.1) is 6.08 Å². The molecule has 1 rings (SSSR count). The Morgan fingerprint density at radius 3 is 1.60 bits per heavy atom. The Hall–Kier alpha value is 1.33. The van der Waals surface area contributed by atoms with Crippen LogP contribution in [0.1, 0.15) is 6.42 Å². The third kappa shape index (κ3) is 16.2. The molecule has 10 heavy (non-hydrogen) atoms. The fraction of sp³-hybridized carbons (Fsp3) is 0.200. The van der Waals surface area contributed by atoms with E-state index in [0.717, 1.165) is 6.42 Å². The van der Waals surface area contributed by atoms with E-state index in [1.807, 2.05) is 12.2 Å². The molecule has 0 N–H and O–H groups in total. The quantitative estimate of drug-likeness (QED) is 0.477. The fourth-order valence-corrected chi connectivity index (χ4v) is 0.340. The van der Waals surface area contributed by atoms with E-state index in [1.165, 1.54) is 0 Å². The van der Waals surface area contributed by atoms with Crippen LogP contribution in [-0.2, 0) is 21.1 Å². The SMILES string of the molecule is Cl.Cl.Cl.Cl.[C-]1=CC=CC1.[Mo]. The molecule has 0 saturated carbocycles. The predicted octanol–water partition coefficient (Wildman–Crippen LogP) is 2.99. The first-order valence-corrected chi connectivity index (χ1v) is 1.72. The second kappa shape index (κ2) is 22.4. The van der Waals surface area contributed by atoms with Gasteiger partial charge in [0.2, 0.25) is 0 Å². The molecule has 0 heterocycles. The first kappa shape index (κ1) is 30.2. The second-order valence-corrected chi connectivity index (χ2v) is 1.00. The van der Waals surface area contributed by atoms with Gasteiger partial charge in [0.05, 0.1) is 0 Å². The third-order valence-corrected chi connectivity index (χ3v) is 0.586. The Balaban J connectivity index is -0.0000000167. The van der Waals surface area contributed by atoms with Crippen LogP contribution in [-0.4, -0.2) is 0 Å². The standard InChI is InChI=1S/C5H5.4ClH.Mo/c1-2-4-5-3-1;;;;;/h1-3H,4H2;4*1H;/q-1;;;;;. The summed E-state index contributed by atoms with van der Waals surface area (Å²) >= 11 is 0. The van der Waals surface area contributed by atoms with E-state index >= 15 is 0 Å². The minimum Gasteiger partial charge on any atom is -0.273 e. The number of allylic oxidation sites excluding steroid dienone is 4. The first-order valence-electron chi connectivity index (χ1n) is 1.72. The molecule has 0 fully saturated rings. The molecule has 0 atom stereocenters. The Kier molecular flexibility index (Phi) is 67.7. The van der Waals surface area contributed by atoms with Crippen LogP contribution < -0.4 is 0 Å². The zero-order valence-electron chi connectivity index (χ0n) is 4.98. The van der Waals surface area contributed by atoms with Crippen LogP contribution in [0.15, 0.2) is 18.2 Å². The van der Waals surface area contributed by atoms with Crippen LogP contribution in [0.3, 0.4) is 0 Å². The van der Waals surface area contributed by atoms with Crippen molar-refractivity contribution in [1.82, 2.24) is 0 Å². The summed E-state index contributed by atoms with van der Waals surface area (Å²) in [6.45, 7) is 0. The first-order chi connectivity index (χ1) is 2.50. The van der Waals surface area contributed by atoms with Crippen molar-refractivity contribution in [3.63, 3.8) is 0 Å². The Bertz CT molecular complexity index is 71.7. The molecule has 0 aliphatic heterocycles. The Morgan fingerprint density at radius 2 is 1.50 bits per heavy atom. The van der Waals surface area contributed by atoms with Crippen LogP contribution in [0.25, 0.3) is 0 Å². The average Bonchev–Trinajstić information content (AvgIpc) is 1.76. The molecule has 0 saturated heterocycles. The Labute approximate surface area is 101 Å². The van der Waals surface area contributed by atoms with E-state index in [0.29, 0.717) is 0 Å². The smallest absolute Gasteiger partial charge is 0 e. The maximum Gasteiger partial charge on any atom is 0 e. The van der Waals surface area contributed by atoms with Gasteiger partial charge in [-0.25, -0.2) is 12.2 Å². The number of hydrogen-bond donors (Lipinski definition) is 0. The molecule has 0 aromatic carbocycles. The molecular weight excluding hydrogens is 298 g/mol. The monoisotopic (exact) mass is 307 g/mol. The van der Waals surface area contributed by atoms with E-state index in [2.05, 4.69) is 12.2 Å². The average molecular weight is 307 g/mol. The van der Waals surface area contributed by atoms with Gasteiger partial charge in [0.15, 0.2) is 0 Å². The predicted molar refractivity (Wildman–Crippen MR) is 50.6 cm³/mol. The molecule has 0 unspecified atom stereocenters. The zero-order valence-corrected chi connectivity index (χ0v) is 10.3. The molecule has 0 aromatic rings. The van der Waals surface area contributed by atoms with E-state index in [4.69, 9.17) is 0 Å². The van der Waals surface area contributed by atoms with Crippen molar-refractivity contribution in [2.24, 2.45) is 0 Å². The summed E-state index contributed by atoms with van der Waals surface area (Å²) in [5.74, 6) is 0. The Morgan fingerprint density at radius 1 is 1.00 bits per heavy atom. The molecule has 0 nitrogen and oxygen atoms in total. The fourth-order valence-electron chi connectivity index (χ4n) is 0.340. The van der Waals surface area contributed by atoms with Gasteiger partial charge < -0.3 is 0 Å². The minimum absolute atomic E-state index is 0. The maximum atomic E-state index is 2.99. The van der Waals surface area contributed by atoms with E-state index < -0.39 is 0 Å². The molecule has 1 aliphatic carbocycles. The summed E-state index contributed by atoms with van der Waals surface area (Å²) in [7, 11) is 0. The topological polar surface area (TPSA) is 0 Å². The molecule has 0 aromatic heterocycles. The van der Waals surface area contributed by atoms with Gasteiger partial charge in [-0.05, 0) is 0 Å². The molecule has 5 heteroatoms. The summed E-state index contributed by atoms with van der Waals surface area (Å²) in [6, 6.07) is 0. The number of hydrogen-bond acceptors (Lipinski definition) is 0. The van der Waals surface area contributed by atoms with Crippen molar-refractivity contribution in [3.05, 3.63) is 24.3 Å². The summed E-state index contributed by atoms with van der Waals surface area (Å²) < 4.78 is 0. The van der Waals surface area contributed by atoms with E-state index in [-0.39, 0.29) is 70.7 Å². The maximum absolute atomic E-state index is 2.99. The number of halogens is 4. The zero-order chi connectivity index (χ0) is 3.54. The van der Waals surface area contributed by atoms with E-state index in [9.17, 15) is 0 Å². The van der Waals surface area contributed by atoms with Crippen molar-refractivity contribution in [2.75, 3.05) is 0 Å². The van der Waals surface area contributed by atoms with Crippen LogP contribution in [0.2, 0.25) is 0 Å². The van der Waals surface area contributed by atoms with Gasteiger partial charge in [-0.2, -0.15) is 6.08 Å². The molecular formula is C5H9Cl4Mo-. The molecule has 0 bridgehead atoms. The van der Waals surface area contributed by atoms with Crippen molar-refractivity contribution < 1.29 is 21.1 Å². The van der Waals surface area contributed by atoms with Gasteiger partial charge >= 0.3 is 0 Å². The van der Waals surface area contributed by atoms with Crippen molar-refractivity contribution in [3.8, 4) is 0 Å². The van der Waals surface area contributed by atoms with E-state index in [1.54, 1.807) is 0 Å². The molecule has 1 aliphatic rings. The summed E-state index contributed by atoms with van der Waals surface area (Å²) in [5.41, 5.74) is 0. The van der Waals surface area contributed by atoms with Crippen LogP contribution in [0.5, 0.6) is 0 Å². The molecule has 0 radical (unpaired) electrons. The van der Waals surface area contributed by atoms with Crippen molar-refractivity contribution >= 4 is 49.6 Å². The van der Waals surface area contributed by atoms with Crippen molar-refractivity contribution in [1.29, 1.82) is 0 Å². The van der Waals surface area contributed by atoms with Crippen LogP contribution >= 0.6 is 49.6 Å². The largest absolute Gasteiger partial charge is 0.273 e. The second-order valence-electron chi connectivity index (χ2n) is 1.00. The third-order valence-electron chi connectivity index (χ3n) is 0.586.